The molecule has 0 N–H and O–H groups in total. The fourth-order valence-corrected chi connectivity index (χ4v) is 1.23. The van der Waals surface area contributed by atoms with Crippen molar-refractivity contribution in [1.29, 1.82) is 0 Å². The first-order chi connectivity index (χ1) is 5.97. The van der Waals surface area contributed by atoms with Gasteiger partial charge in [-0.3, -0.25) is 9.98 Å². The van der Waals surface area contributed by atoms with Gasteiger partial charge in [-0.25, -0.2) is 0 Å². The van der Waals surface area contributed by atoms with E-state index in [0.29, 0.717) is 0 Å². The molecule has 0 atom stereocenters. The first-order valence-corrected chi connectivity index (χ1v) is 4.10. The maximum atomic E-state index is 4.27. The highest BCUT2D eigenvalue weighted by molar-refractivity contribution is 5.99. The third-order valence-corrected chi connectivity index (χ3v) is 1.84. The van der Waals surface area contributed by atoms with Crippen molar-refractivity contribution >= 4 is 5.71 Å². The van der Waals surface area contributed by atoms with E-state index in [0.717, 1.165) is 24.2 Å². The zero-order valence-corrected chi connectivity index (χ0v) is 6.77. The monoisotopic (exact) mass is 158 g/mol. The van der Waals surface area contributed by atoms with Crippen LogP contribution in [0.3, 0.4) is 0 Å². The van der Waals surface area contributed by atoms with Crippen LogP contribution in [0.25, 0.3) is 0 Å². The van der Waals surface area contributed by atoms with Crippen LogP contribution in [0.5, 0.6) is 0 Å². The molecule has 0 radical (unpaired) electrons. The van der Waals surface area contributed by atoms with Crippen LogP contribution in [0.15, 0.2) is 41.7 Å². The lowest BCUT2D eigenvalue weighted by Gasteiger charge is -2.05. The lowest BCUT2D eigenvalue weighted by atomic mass is 10.1. The Hall–Kier alpha value is -1.44. The van der Waals surface area contributed by atoms with Crippen LogP contribution < -0.4 is 0 Å². The standard InChI is InChI=1S/C10H10N2/c1-3-7-11-9(5-1)10-6-2-4-8-12-10/h1,3-5,7-8H,2,6H2. The maximum Gasteiger partial charge on any atom is 0.0844 e. The summed E-state index contributed by atoms with van der Waals surface area (Å²) < 4.78 is 0. The molecule has 0 saturated carbocycles. The summed E-state index contributed by atoms with van der Waals surface area (Å²) in [7, 11) is 0. The van der Waals surface area contributed by atoms with Crippen molar-refractivity contribution in [1.82, 2.24) is 4.98 Å². The van der Waals surface area contributed by atoms with Crippen LogP contribution in [0.1, 0.15) is 18.5 Å². The van der Waals surface area contributed by atoms with E-state index in [1.54, 1.807) is 6.20 Å². The molecular weight excluding hydrogens is 148 g/mol. The molecule has 0 saturated heterocycles. The molecule has 0 fully saturated rings. The Labute approximate surface area is 71.7 Å². The zero-order chi connectivity index (χ0) is 8.23. The van der Waals surface area contributed by atoms with Gasteiger partial charge in [0.25, 0.3) is 0 Å². The highest BCUT2D eigenvalue weighted by Crippen LogP contribution is 2.08. The second-order valence-corrected chi connectivity index (χ2v) is 2.71. The largest absolute Gasteiger partial charge is 0.259 e. The molecule has 2 heteroatoms. The van der Waals surface area contributed by atoms with Gasteiger partial charge in [-0.05, 0) is 25.0 Å². The molecule has 2 rings (SSSR count). The minimum atomic E-state index is 1.00. The van der Waals surface area contributed by atoms with E-state index in [1.807, 2.05) is 24.4 Å². The van der Waals surface area contributed by atoms with E-state index in [-0.39, 0.29) is 0 Å². The fraction of sp³-hybridized carbons (Fsp3) is 0.200. The molecule has 1 aliphatic rings. The summed E-state index contributed by atoms with van der Waals surface area (Å²) in [6.45, 7) is 0. The Bertz CT molecular complexity index is 312. The Morgan fingerprint density at radius 1 is 1.25 bits per heavy atom. The Morgan fingerprint density at radius 3 is 2.92 bits per heavy atom. The highest BCUT2D eigenvalue weighted by Gasteiger charge is 2.04. The van der Waals surface area contributed by atoms with Crippen molar-refractivity contribution in [2.45, 2.75) is 12.8 Å². The van der Waals surface area contributed by atoms with Gasteiger partial charge in [0.2, 0.25) is 0 Å². The molecule has 60 valence electrons. The maximum absolute atomic E-state index is 4.27. The predicted molar refractivity (Wildman–Crippen MR) is 49.1 cm³/mol. The summed E-state index contributed by atoms with van der Waals surface area (Å²) in [6, 6.07) is 5.91. The van der Waals surface area contributed by atoms with Gasteiger partial charge in [0.1, 0.15) is 0 Å². The van der Waals surface area contributed by atoms with E-state index in [9.17, 15) is 0 Å². The van der Waals surface area contributed by atoms with Gasteiger partial charge in [0.05, 0.1) is 11.4 Å². The van der Waals surface area contributed by atoms with E-state index in [2.05, 4.69) is 16.1 Å². The van der Waals surface area contributed by atoms with Gasteiger partial charge in [0.15, 0.2) is 0 Å². The molecule has 1 aromatic rings. The molecule has 0 aromatic carbocycles. The molecule has 0 aliphatic carbocycles. The summed E-state index contributed by atoms with van der Waals surface area (Å²) in [6.07, 6.45) is 7.82. The molecule has 12 heavy (non-hydrogen) atoms. The smallest absolute Gasteiger partial charge is 0.0844 e. The van der Waals surface area contributed by atoms with E-state index < -0.39 is 0 Å². The summed E-state index contributed by atoms with van der Waals surface area (Å²) in [5.74, 6) is 0. The molecule has 2 nitrogen and oxygen atoms in total. The lowest BCUT2D eigenvalue weighted by Crippen LogP contribution is -2.04. The first kappa shape index (κ1) is 7.22. The molecule has 0 amide bonds. The fourth-order valence-electron chi connectivity index (χ4n) is 1.23. The highest BCUT2D eigenvalue weighted by atomic mass is 14.8. The number of allylic oxidation sites excluding steroid dienone is 1. The minimum absolute atomic E-state index is 1.00. The van der Waals surface area contributed by atoms with E-state index in [1.165, 1.54) is 0 Å². The third-order valence-electron chi connectivity index (χ3n) is 1.84. The van der Waals surface area contributed by atoms with Gasteiger partial charge in [-0.15, -0.1) is 0 Å². The SMILES string of the molecule is C1=CN=C(c2ccccn2)CC1. The number of pyridine rings is 1. The molecular formula is C10H10N2. The van der Waals surface area contributed by atoms with Gasteiger partial charge in [-0.2, -0.15) is 0 Å². The second-order valence-electron chi connectivity index (χ2n) is 2.71. The minimum Gasteiger partial charge on any atom is -0.259 e. The van der Waals surface area contributed by atoms with Crippen molar-refractivity contribution in [3.63, 3.8) is 0 Å². The topological polar surface area (TPSA) is 25.2 Å². The number of aromatic nitrogens is 1. The van der Waals surface area contributed by atoms with Crippen molar-refractivity contribution < 1.29 is 0 Å². The number of hydrogen-bond acceptors (Lipinski definition) is 2. The number of nitrogens with zero attached hydrogens (tertiary/aromatic N) is 2. The van der Waals surface area contributed by atoms with Crippen LogP contribution in [0.2, 0.25) is 0 Å². The second kappa shape index (κ2) is 3.30. The molecule has 0 unspecified atom stereocenters. The van der Waals surface area contributed by atoms with E-state index >= 15 is 0 Å². The molecule has 0 bridgehead atoms. The van der Waals surface area contributed by atoms with Crippen LogP contribution in [-0.2, 0) is 0 Å². The summed E-state index contributed by atoms with van der Waals surface area (Å²) in [5.41, 5.74) is 2.10. The normalized spacial score (nSPS) is 15.8. The summed E-state index contributed by atoms with van der Waals surface area (Å²) in [5, 5.41) is 0. The van der Waals surface area contributed by atoms with Crippen molar-refractivity contribution in [2.75, 3.05) is 0 Å². The van der Waals surface area contributed by atoms with Gasteiger partial charge in [0, 0.05) is 12.4 Å². The Morgan fingerprint density at radius 2 is 2.25 bits per heavy atom. The molecule has 1 aromatic heterocycles. The average molecular weight is 158 g/mol. The van der Waals surface area contributed by atoms with Crippen LogP contribution in [0.4, 0.5) is 0 Å². The van der Waals surface area contributed by atoms with Crippen LogP contribution in [-0.4, -0.2) is 10.7 Å². The van der Waals surface area contributed by atoms with Gasteiger partial charge >= 0.3 is 0 Å². The van der Waals surface area contributed by atoms with Gasteiger partial charge in [-0.1, -0.05) is 12.1 Å². The van der Waals surface area contributed by atoms with Crippen molar-refractivity contribution in [2.24, 2.45) is 4.99 Å². The summed E-state index contributed by atoms with van der Waals surface area (Å²) >= 11 is 0. The number of aliphatic imine (C=N–C) groups is 1. The third kappa shape index (κ3) is 1.42. The quantitative estimate of drug-likeness (QED) is 0.615. The first-order valence-electron chi connectivity index (χ1n) is 4.10. The van der Waals surface area contributed by atoms with Gasteiger partial charge < -0.3 is 0 Å². The van der Waals surface area contributed by atoms with Crippen molar-refractivity contribution in [3.8, 4) is 0 Å². The lowest BCUT2D eigenvalue weighted by molar-refractivity contribution is 1.05. The van der Waals surface area contributed by atoms with Crippen LogP contribution in [0, 0.1) is 0 Å². The Balaban J connectivity index is 2.31. The summed E-state index contributed by atoms with van der Waals surface area (Å²) in [4.78, 5) is 8.51. The zero-order valence-electron chi connectivity index (χ0n) is 6.77. The molecule has 2 heterocycles. The molecule has 1 aliphatic heterocycles. The van der Waals surface area contributed by atoms with Crippen molar-refractivity contribution in [3.05, 3.63) is 42.4 Å². The number of rotatable bonds is 1. The average Bonchev–Trinajstić information content (AvgIpc) is 2.21. The van der Waals surface area contributed by atoms with Crippen LogP contribution >= 0.6 is 0 Å². The molecule has 0 spiro atoms. The Kier molecular flexibility index (Phi) is 1.99. The predicted octanol–water partition coefficient (Wildman–Crippen LogP) is 2.18. The van der Waals surface area contributed by atoms with E-state index in [4.69, 9.17) is 0 Å². The number of hydrogen-bond donors (Lipinski definition) is 0.